The van der Waals surface area contributed by atoms with Crippen LogP contribution in [0.5, 0.6) is 5.75 Å². The molecular formula is C31H27N5O4S. The van der Waals surface area contributed by atoms with Gasteiger partial charge in [-0.2, -0.15) is 10.2 Å². The van der Waals surface area contributed by atoms with Gasteiger partial charge in [-0.05, 0) is 54.1 Å². The topological polar surface area (TPSA) is 115 Å². The van der Waals surface area contributed by atoms with Crippen LogP contribution in [0.2, 0.25) is 0 Å². The first-order chi connectivity index (χ1) is 20.0. The Balaban J connectivity index is 1.29. The highest BCUT2D eigenvalue weighted by atomic mass is 32.2. The summed E-state index contributed by atoms with van der Waals surface area (Å²) in [5.74, 6) is 0.109. The van der Waals surface area contributed by atoms with E-state index in [1.165, 1.54) is 18.3 Å². The van der Waals surface area contributed by atoms with Gasteiger partial charge < -0.3 is 4.74 Å². The normalized spacial score (nSPS) is 11.4. The molecule has 0 atom stereocenters. The summed E-state index contributed by atoms with van der Waals surface area (Å²) < 4.78 is 34.6. The third-order valence-electron chi connectivity index (χ3n) is 6.01. The van der Waals surface area contributed by atoms with Gasteiger partial charge in [0.05, 0.1) is 23.3 Å². The summed E-state index contributed by atoms with van der Waals surface area (Å²) in [6, 6.07) is 34.9. The first-order valence-corrected chi connectivity index (χ1v) is 14.3. The van der Waals surface area contributed by atoms with Gasteiger partial charge in [0.2, 0.25) is 10.0 Å². The average molecular weight is 566 g/mol. The molecule has 0 bridgehead atoms. The van der Waals surface area contributed by atoms with E-state index in [-0.39, 0.29) is 4.90 Å². The molecule has 41 heavy (non-hydrogen) atoms. The molecule has 206 valence electrons. The van der Waals surface area contributed by atoms with E-state index in [2.05, 4.69) is 15.2 Å². The van der Waals surface area contributed by atoms with Crippen molar-refractivity contribution in [2.45, 2.75) is 11.5 Å². The van der Waals surface area contributed by atoms with Crippen molar-refractivity contribution >= 4 is 22.1 Å². The number of nitrogens with zero attached hydrogens (tertiary/aromatic N) is 3. The van der Waals surface area contributed by atoms with Gasteiger partial charge in [0.1, 0.15) is 18.1 Å². The molecule has 0 radical (unpaired) electrons. The number of benzene rings is 4. The van der Waals surface area contributed by atoms with Crippen molar-refractivity contribution in [3.05, 3.63) is 133 Å². The molecule has 0 saturated carbocycles. The minimum absolute atomic E-state index is 0.0748. The number of carbonyl (C=O) groups is 1. The van der Waals surface area contributed by atoms with E-state index in [4.69, 9.17) is 9.84 Å². The molecule has 0 aliphatic carbocycles. The van der Waals surface area contributed by atoms with Crippen LogP contribution in [0.15, 0.2) is 131 Å². The predicted molar refractivity (Wildman–Crippen MR) is 157 cm³/mol. The van der Waals surface area contributed by atoms with Gasteiger partial charge in [-0.25, -0.2) is 23.2 Å². The van der Waals surface area contributed by atoms with E-state index in [0.29, 0.717) is 17.9 Å². The minimum Gasteiger partial charge on any atom is -0.489 e. The molecular weight excluding hydrogens is 538 g/mol. The molecule has 1 heterocycles. The maximum absolute atomic E-state index is 12.4. The Morgan fingerprint density at radius 2 is 1.49 bits per heavy atom. The van der Waals surface area contributed by atoms with Gasteiger partial charge in [0.25, 0.3) is 5.91 Å². The lowest BCUT2D eigenvalue weighted by molar-refractivity contribution is -0.119. The third-order valence-corrected chi connectivity index (χ3v) is 7.43. The van der Waals surface area contributed by atoms with Gasteiger partial charge in [-0.3, -0.25) is 4.79 Å². The van der Waals surface area contributed by atoms with E-state index in [1.54, 1.807) is 29.1 Å². The Kier molecular flexibility index (Phi) is 8.63. The van der Waals surface area contributed by atoms with E-state index in [9.17, 15) is 13.2 Å². The molecule has 9 nitrogen and oxygen atoms in total. The smallest absolute Gasteiger partial charge is 0.255 e. The van der Waals surface area contributed by atoms with Crippen molar-refractivity contribution in [1.29, 1.82) is 0 Å². The maximum atomic E-state index is 12.4. The zero-order valence-corrected chi connectivity index (χ0v) is 22.7. The molecule has 0 spiro atoms. The van der Waals surface area contributed by atoms with Crippen LogP contribution in [0.3, 0.4) is 0 Å². The second kappa shape index (κ2) is 12.9. The number of aromatic nitrogens is 2. The lowest BCUT2D eigenvalue weighted by atomic mass is 10.1. The number of hydrazone groups is 1. The molecule has 4 aromatic carbocycles. The zero-order chi connectivity index (χ0) is 28.5. The standard InChI is InChI=1S/C31H27N5O4S/c37-30(21-33-41(38,39)29-14-8-3-9-15-29)34-32-20-26-22-36(27-12-6-2-7-13-27)35-31(26)25-16-18-28(19-17-25)40-23-24-10-4-1-5-11-24/h1-20,22,33H,21,23H2,(H,34,37). The van der Waals surface area contributed by atoms with Crippen molar-refractivity contribution in [2.75, 3.05) is 6.54 Å². The Labute approximate surface area is 238 Å². The Morgan fingerprint density at radius 1 is 0.854 bits per heavy atom. The second-order valence-corrected chi connectivity index (χ2v) is 10.7. The van der Waals surface area contributed by atoms with Crippen molar-refractivity contribution < 1.29 is 17.9 Å². The summed E-state index contributed by atoms with van der Waals surface area (Å²) >= 11 is 0. The second-order valence-electron chi connectivity index (χ2n) is 8.94. The van der Waals surface area contributed by atoms with Crippen LogP contribution in [0, 0.1) is 0 Å². The number of sulfonamides is 1. The monoisotopic (exact) mass is 565 g/mol. The molecule has 5 aromatic rings. The number of hydrogen-bond donors (Lipinski definition) is 2. The molecule has 0 fully saturated rings. The molecule has 10 heteroatoms. The predicted octanol–water partition coefficient (Wildman–Crippen LogP) is 4.55. The number of hydrogen-bond acceptors (Lipinski definition) is 6. The van der Waals surface area contributed by atoms with E-state index >= 15 is 0 Å². The first-order valence-electron chi connectivity index (χ1n) is 12.8. The summed E-state index contributed by atoms with van der Waals surface area (Å²) in [5.41, 5.74) is 6.43. The number of para-hydroxylation sites is 1. The average Bonchev–Trinajstić information content (AvgIpc) is 3.45. The van der Waals surface area contributed by atoms with Crippen molar-refractivity contribution in [2.24, 2.45) is 5.10 Å². The van der Waals surface area contributed by atoms with Gasteiger partial charge >= 0.3 is 0 Å². The minimum atomic E-state index is -3.81. The lowest BCUT2D eigenvalue weighted by Gasteiger charge is -2.07. The maximum Gasteiger partial charge on any atom is 0.255 e. The highest BCUT2D eigenvalue weighted by Crippen LogP contribution is 2.25. The molecule has 2 N–H and O–H groups in total. The van der Waals surface area contributed by atoms with Gasteiger partial charge in [-0.15, -0.1) is 0 Å². The van der Waals surface area contributed by atoms with Gasteiger partial charge in [0, 0.05) is 17.3 Å². The fourth-order valence-electron chi connectivity index (χ4n) is 3.93. The Hall–Kier alpha value is -5.06. The first kappa shape index (κ1) is 27.5. The fourth-order valence-corrected chi connectivity index (χ4v) is 4.93. The summed E-state index contributed by atoms with van der Waals surface area (Å²) in [6.45, 7) is -0.00290. The number of rotatable bonds is 11. The van der Waals surface area contributed by atoms with Crippen LogP contribution in [-0.2, 0) is 21.4 Å². The lowest BCUT2D eigenvalue weighted by Crippen LogP contribution is -2.34. The molecule has 1 amide bonds. The largest absolute Gasteiger partial charge is 0.489 e. The van der Waals surface area contributed by atoms with Gasteiger partial charge in [-0.1, -0.05) is 66.7 Å². The number of amides is 1. The fraction of sp³-hybridized carbons (Fsp3) is 0.0645. The molecule has 0 aliphatic rings. The van der Waals surface area contributed by atoms with Crippen molar-refractivity contribution in [3.63, 3.8) is 0 Å². The molecule has 5 rings (SSSR count). The summed E-state index contributed by atoms with van der Waals surface area (Å²) in [6.07, 6.45) is 3.28. The molecule has 0 aliphatic heterocycles. The van der Waals surface area contributed by atoms with Crippen molar-refractivity contribution in [1.82, 2.24) is 19.9 Å². The van der Waals surface area contributed by atoms with E-state index in [1.807, 2.05) is 84.9 Å². The zero-order valence-electron chi connectivity index (χ0n) is 21.9. The third kappa shape index (κ3) is 7.33. The van der Waals surface area contributed by atoms with E-state index < -0.39 is 22.5 Å². The van der Waals surface area contributed by atoms with Crippen LogP contribution in [0.4, 0.5) is 0 Å². The van der Waals surface area contributed by atoms with E-state index in [0.717, 1.165) is 22.6 Å². The SMILES string of the molecule is O=C(CNS(=O)(=O)c1ccccc1)NN=Cc1cn(-c2ccccc2)nc1-c1ccc(OCc2ccccc2)cc1. The van der Waals surface area contributed by atoms with Gasteiger partial charge in [0.15, 0.2) is 0 Å². The molecule has 0 saturated heterocycles. The molecule has 1 aromatic heterocycles. The van der Waals surface area contributed by atoms with Crippen LogP contribution in [0.25, 0.3) is 16.9 Å². The quantitative estimate of drug-likeness (QED) is 0.180. The van der Waals surface area contributed by atoms with Crippen LogP contribution >= 0.6 is 0 Å². The summed E-state index contributed by atoms with van der Waals surface area (Å²) in [7, 11) is -3.81. The van der Waals surface area contributed by atoms with Crippen molar-refractivity contribution in [3.8, 4) is 22.7 Å². The highest BCUT2D eigenvalue weighted by Gasteiger charge is 2.15. The number of carbonyl (C=O) groups excluding carboxylic acids is 1. The Morgan fingerprint density at radius 3 is 2.17 bits per heavy atom. The van der Waals surface area contributed by atoms with Crippen LogP contribution in [0.1, 0.15) is 11.1 Å². The summed E-state index contributed by atoms with van der Waals surface area (Å²) in [5, 5.41) is 8.81. The number of ether oxygens (including phenoxy) is 1. The summed E-state index contributed by atoms with van der Waals surface area (Å²) in [4.78, 5) is 12.4. The molecule has 0 unspecified atom stereocenters. The highest BCUT2D eigenvalue weighted by molar-refractivity contribution is 7.89. The van der Waals surface area contributed by atoms with Crippen LogP contribution in [-0.4, -0.2) is 36.9 Å². The van der Waals surface area contributed by atoms with Crippen LogP contribution < -0.4 is 14.9 Å². The number of nitrogens with one attached hydrogen (secondary N) is 2. The Bertz CT molecular complexity index is 1720.